The van der Waals surface area contributed by atoms with Crippen molar-refractivity contribution in [3.63, 3.8) is 0 Å². The molecule has 0 spiro atoms. The van der Waals surface area contributed by atoms with Crippen molar-refractivity contribution >= 4 is 22.1 Å². The van der Waals surface area contributed by atoms with Gasteiger partial charge in [-0.25, -0.2) is 4.98 Å². The summed E-state index contributed by atoms with van der Waals surface area (Å²) in [6, 6.07) is 3.26. The molecule has 0 saturated carbocycles. The molecule has 2 rings (SSSR count). The fraction of sp³-hybridized carbons (Fsp3) is 0. The van der Waals surface area contributed by atoms with Gasteiger partial charge in [0.25, 0.3) is 5.91 Å². The SMILES string of the molecule is O=C(Nc1cncc(OS(=O)(=O)F)c1)c1ccc(F)nc1. The lowest BCUT2D eigenvalue weighted by Gasteiger charge is -2.06. The van der Waals surface area contributed by atoms with Crippen molar-refractivity contribution in [2.24, 2.45) is 0 Å². The molecule has 0 fully saturated rings. The minimum atomic E-state index is -5.18. The van der Waals surface area contributed by atoms with Crippen LogP contribution in [0.15, 0.2) is 36.8 Å². The maximum atomic E-state index is 12.6. The minimum Gasteiger partial charge on any atom is -0.357 e. The third-order valence-corrected chi connectivity index (χ3v) is 2.55. The van der Waals surface area contributed by atoms with E-state index in [9.17, 15) is 21.5 Å². The molecular weight excluding hydrogens is 308 g/mol. The van der Waals surface area contributed by atoms with E-state index < -0.39 is 28.1 Å². The van der Waals surface area contributed by atoms with Crippen LogP contribution in [-0.4, -0.2) is 24.3 Å². The Labute approximate surface area is 118 Å². The van der Waals surface area contributed by atoms with Gasteiger partial charge in [-0.05, 0) is 12.1 Å². The van der Waals surface area contributed by atoms with Crippen LogP contribution in [0.25, 0.3) is 0 Å². The Morgan fingerprint density at radius 1 is 1.24 bits per heavy atom. The smallest absolute Gasteiger partial charge is 0.357 e. The average molecular weight is 315 g/mol. The van der Waals surface area contributed by atoms with Gasteiger partial charge in [-0.15, -0.1) is 0 Å². The first-order chi connectivity index (χ1) is 9.83. The summed E-state index contributed by atoms with van der Waals surface area (Å²) in [5.41, 5.74) is 0.131. The van der Waals surface area contributed by atoms with Crippen molar-refractivity contribution in [3.8, 4) is 5.75 Å². The van der Waals surface area contributed by atoms with E-state index in [1.807, 2.05) is 0 Å². The summed E-state index contributed by atoms with van der Waals surface area (Å²) in [4.78, 5) is 18.7. The summed E-state index contributed by atoms with van der Waals surface area (Å²) in [5.74, 6) is -1.78. The Balaban J connectivity index is 2.14. The molecule has 0 saturated heterocycles. The predicted molar refractivity (Wildman–Crippen MR) is 67.0 cm³/mol. The molecule has 0 aliphatic heterocycles. The molecule has 0 aliphatic rings. The minimum absolute atomic E-state index is 0.0606. The number of carbonyl (C=O) groups excluding carboxylic acids is 1. The number of nitrogens with one attached hydrogen (secondary N) is 1. The molecule has 0 aromatic carbocycles. The van der Waals surface area contributed by atoms with Crippen LogP contribution < -0.4 is 9.50 Å². The molecule has 2 aromatic heterocycles. The number of pyridine rings is 2. The summed E-state index contributed by atoms with van der Waals surface area (Å²) in [6.07, 6.45) is 3.16. The fourth-order valence-electron chi connectivity index (χ4n) is 1.36. The normalized spacial score (nSPS) is 11.0. The largest absolute Gasteiger partial charge is 0.488 e. The lowest BCUT2D eigenvalue weighted by molar-refractivity contribution is 0.102. The molecule has 10 heteroatoms. The predicted octanol–water partition coefficient (Wildman–Crippen LogP) is 1.46. The van der Waals surface area contributed by atoms with Crippen molar-refractivity contribution in [1.82, 2.24) is 9.97 Å². The van der Waals surface area contributed by atoms with Crippen molar-refractivity contribution in [3.05, 3.63) is 48.3 Å². The summed E-state index contributed by atoms with van der Waals surface area (Å²) >= 11 is 0. The molecule has 1 N–H and O–H groups in total. The van der Waals surface area contributed by atoms with Crippen molar-refractivity contribution in [2.75, 3.05) is 5.32 Å². The number of halogens is 2. The first-order valence-electron chi connectivity index (χ1n) is 5.35. The van der Waals surface area contributed by atoms with E-state index in [4.69, 9.17) is 0 Å². The molecule has 1 amide bonds. The highest BCUT2D eigenvalue weighted by Gasteiger charge is 2.12. The van der Waals surface area contributed by atoms with Crippen LogP contribution in [-0.2, 0) is 10.5 Å². The quantitative estimate of drug-likeness (QED) is 0.677. The molecule has 0 atom stereocenters. The second-order valence-electron chi connectivity index (χ2n) is 3.71. The summed E-state index contributed by atoms with van der Waals surface area (Å²) in [6.45, 7) is 0. The third-order valence-electron chi connectivity index (χ3n) is 2.16. The van der Waals surface area contributed by atoms with Crippen molar-refractivity contribution in [2.45, 2.75) is 0 Å². The third kappa shape index (κ3) is 4.45. The van der Waals surface area contributed by atoms with Crippen molar-refractivity contribution < 1.29 is 25.7 Å². The van der Waals surface area contributed by atoms with Gasteiger partial charge in [0, 0.05) is 12.3 Å². The lowest BCUT2D eigenvalue weighted by atomic mass is 10.2. The summed E-state index contributed by atoms with van der Waals surface area (Å²) < 4.78 is 49.6. The fourth-order valence-corrected chi connectivity index (χ4v) is 1.68. The van der Waals surface area contributed by atoms with E-state index in [1.54, 1.807) is 0 Å². The van der Waals surface area contributed by atoms with Crippen LogP contribution in [0, 0.1) is 5.95 Å². The number of anilines is 1. The zero-order valence-electron chi connectivity index (χ0n) is 10.2. The van der Waals surface area contributed by atoms with Gasteiger partial charge in [-0.2, -0.15) is 12.8 Å². The molecule has 0 bridgehead atoms. The average Bonchev–Trinajstić information content (AvgIpc) is 2.37. The molecule has 0 radical (unpaired) electrons. The Bertz CT molecular complexity index is 765. The highest BCUT2D eigenvalue weighted by Crippen LogP contribution is 2.18. The lowest BCUT2D eigenvalue weighted by Crippen LogP contribution is -2.12. The Hall–Kier alpha value is -2.62. The zero-order chi connectivity index (χ0) is 15.5. The van der Waals surface area contributed by atoms with E-state index in [0.717, 1.165) is 24.5 Å². The molecular formula is C11H7F2N3O4S. The van der Waals surface area contributed by atoms with Crippen LogP contribution >= 0.6 is 0 Å². The first-order valence-corrected chi connectivity index (χ1v) is 6.66. The monoisotopic (exact) mass is 315 g/mol. The van der Waals surface area contributed by atoms with Crippen LogP contribution in [0.2, 0.25) is 0 Å². The molecule has 2 aromatic rings. The van der Waals surface area contributed by atoms with Gasteiger partial charge in [0.2, 0.25) is 5.95 Å². The van der Waals surface area contributed by atoms with Gasteiger partial charge in [0.1, 0.15) is 0 Å². The Morgan fingerprint density at radius 3 is 2.62 bits per heavy atom. The van der Waals surface area contributed by atoms with Crippen LogP contribution in [0.3, 0.4) is 0 Å². The number of hydrogen-bond donors (Lipinski definition) is 1. The van der Waals surface area contributed by atoms with Gasteiger partial charge in [0.15, 0.2) is 5.75 Å². The van der Waals surface area contributed by atoms with Gasteiger partial charge < -0.3 is 9.50 Å². The molecule has 7 nitrogen and oxygen atoms in total. The maximum Gasteiger partial charge on any atom is 0.488 e. The second-order valence-corrected chi connectivity index (χ2v) is 4.66. The molecule has 2 heterocycles. The molecule has 21 heavy (non-hydrogen) atoms. The van der Waals surface area contributed by atoms with Gasteiger partial charge >= 0.3 is 10.5 Å². The maximum absolute atomic E-state index is 12.6. The van der Waals surface area contributed by atoms with E-state index in [0.29, 0.717) is 0 Å². The zero-order valence-corrected chi connectivity index (χ0v) is 11.0. The second kappa shape index (κ2) is 5.79. The Kier molecular flexibility index (Phi) is 4.08. The van der Waals surface area contributed by atoms with E-state index in [2.05, 4.69) is 19.5 Å². The highest BCUT2D eigenvalue weighted by atomic mass is 32.3. The summed E-state index contributed by atoms with van der Waals surface area (Å²) in [5, 5.41) is 2.34. The number of aromatic nitrogens is 2. The van der Waals surface area contributed by atoms with Crippen LogP contribution in [0.5, 0.6) is 5.75 Å². The standard InChI is InChI=1S/C11H7F2N3O4S/c12-10-2-1-7(4-15-10)11(17)16-8-3-9(6-14-5-8)20-21(13,18)19/h1-6H,(H,16,17). The number of rotatable bonds is 4. The Morgan fingerprint density at radius 2 is 2.00 bits per heavy atom. The van der Waals surface area contributed by atoms with Crippen LogP contribution in [0.1, 0.15) is 10.4 Å². The topological polar surface area (TPSA) is 98.2 Å². The molecule has 0 aliphatic carbocycles. The number of carbonyl (C=O) groups is 1. The number of hydrogen-bond acceptors (Lipinski definition) is 6. The van der Waals surface area contributed by atoms with E-state index in [1.165, 1.54) is 12.3 Å². The van der Waals surface area contributed by atoms with Gasteiger partial charge in [-0.3, -0.25) is 9.78 Å². The molecule has 0 unspecified atom stereocenters. The first kappa shape index (κ1) is 14.8. The number of nitrogens with zero attached hydrogens (tertiary/aromatic N) is 2. The van der Waals surface area contributed by atoms with E-state index in [-0.39, 0.29) is 11.3 Å². The van der Waals surface area contributed by atoms with Crippen LogP contribution in [0.4, 0.5) is 14.0 Å². The van der Waals surface area contributed by atoms with Gasteiger partial charge in [0.05, 0.1) is 23.6 Å². The van der Waals surface area contributed by atoms with Gasteiger partial charge in [-0.1, -0.05) is 3.89 Å². The summed E-state index contributed by atoms with van der Waals surface area (Å²) in [7, 11) is -5.18. The van der Waals surface area contributed by atoms with Crippen molar-refractivity contribution in [1.29, 1.82) is 0 Å². The number of amides is 1. The highest BCUT2D eigenvalue weighted by molar-refractivity contribution is 7.81. The van der Waals surface area contributed by atoms with E-state index >= 15 is 0 Å². The molecule has 110 valence electrons.